The third kappa shape index (κ3) is 8.31. The predicted molar refractivity (Wildman–Crippen MR) is 243 cm³/mol. The van der Waals surface area contributed by atoms with Crippen LogP contribution in [-0.2, 0) is 14.8 Å². The number of nitrogens with zero attached hydrogens (tertiary/aromatic N) is 4. The first-order valence-electron chi connectivity index (χ1n) is 22.9. The van der Waals surface area contributed by atoms with Gasteiger partial charge in [0, 0.05) is 68.5 Å². The van der Waals surface area contributed by atoms with E-state index >= 15 is 4.39 Å². The molecule has 0 unspecified atom stereocenters. The first-order chi connectivity index (χ1) is 31.8. The number of aromatic amines is 1. The standard InChI is InChI=1S/C48H53F2N7O8S/c1-28(2)33-6-3-4-7-34(33)39-8-5-15-56(39)31-24-48(25-31)13-16-55(17-14-48)30-9-10-35(41(20-30)65-43-23-36-37(49)26-51-46(36)53-45(43)50)47(58)54-66(61,62)32-21-40(57(59)60)44-42(22-32)64-27-38(52-44)29-11-18-63-19-12-29/h3-4,6-7,9-10,20-23,26,28-29,31,38-39,52H,5,8,11-19,24-25,27H2,1-2H3,(H,51,53)(H,54,58)/t38-,39-/m1/s1. The first-order valence-corrected chi connectivity index (χ1v) is 24.4. The number of halogens is 2. The van der Waals surface area contributed by atoms with Crippen molar-refractivity contribution in [1.29, 1.82) is 0 Å². The minimum absolute atomic E-state index is 0.0440. The van der Waals surface area contributed by atoms with E-state index in [9.17, 15) is 27.7 Å². The number of rotatable bonds is 11. The molecule has 15 nitrogen and oxygen atoms in total. The van der Waals surface area contributed by atoms with Crippen molar-refractivity contribution in [2.45, 2.75) is 94.2 Å². The average molecular weight is 926 g/mol. The number of carbonyl (C=O) groups is 1. The van der Waals surface area contributed by atoms with Gasteiger partial charge in [-0.1, -0.05) is 38.1 Å². The van der Waals surface area contributed by atoms with Gasteiger partial charge in [-0.2, -0.15) is 9.37 Å². The van der Waals surface area contributed by atoms with Crippen molar-refractivity contribution in [3.63, 3.8) is 0 Å². The van der Waals surface area contributed by atoms with Crippen LogP contribution in [0.3, 0.4) is 0 Å². The summed E-state index contributed by atoms with van der Waals surface area (Å²) in [5.74, 6) is -3.07. The topological polar surface area (TPSA) is 181 Å². The number of piperidine rings is 1. The van der Waals surface area contributed by atoms with E-state index in [0.717, 1.165) is 69.5 Å². The lowest BCUT2D eigenvalue weighted by atomic mass is 9.59. The van der Waals surface area contributed by atoms with Gasteiger partial charge < -0.3 is 29.4 Å². The lowest BCUT2D eigenvalue weighted by Gasteiger charge is -2.56. The molecule has 5 aliphatic rings. The summed E-state index contributed by atoms with van der Waals surface area (Å²) in [5, 5.41) is 15.5. The Morgan fingerprint density at radius 3 is 2.55 bits per heavy atom. The molecule has 10 rings (SSSR count). The van der Waals surface area contributed by atoms with Crippen molar-refractivity contribution < 1.29 is 41.1 Å². The summed E-state index contributed by atoms with van der Waals surface area (Å²) >= 11 is 0. The monoisotopic (exact) mass is 925 g/mol. The molecule has 1 spiro atoms. The van der Waals surface area contributed by atoms with Gasteiger partial charge in [0.2, 0.25) is 0 Å². The number of amides is 1. The molecule has 18 heteroatoms. The Bertz CT molecular complexity index is 2800. The minimum atomic E-state index is -4.77. The number of H-pyrrole nitrogens is 1. The Morgan fingerprint density at radius 1 is 1.02 bits per heavy atom. The highest BCUT2D eigenvalue weighted by Crippen LogP contribution is 2.54. The fourth-order valence-electron chi connectivity index (χ4n) is 11.0. The zero-order valence-corrected chi connectivity index (χ0v) is 37.7. The van der Waals surface area contributed by atoms with E-state index in [-0.39, 0.29) is 57.8 Å². The van der Waals surface area contributed by atoms with Crippen molar-refractivity contribution in [2.24, 2.45) is 11.3 Å². The number of aromatic nitrogens is 2. The highest BCUT2D eigenvalue weighted by atomic mass is 32.2. The molecule has 3 saturated heterocycles. The average Bonchev–Trinajstić information content (AvgIpc) is 3.94. The number of nitro benzene ring substituents is 1. The van der Waals surface area contributed by atoms with Gasteiger partial charge in [0.05, 0.1) is 26.8 Å². The largest absolute Gasteiger partial charge is 0.489 e. The fraction of sp³-hybridized carbons (Fsp3) is 0.458. The lowest BCUT2D eigenvalue weighted by molar-refractivity contribution is -0.384. The number of ether oxygens (including phenoxy) is 3. The van der Waals surface area contributed by atoms with Gasteiger partial charge in [-0.25, -0.2) is 17.5 Å². The molecule has 1 amide bonds. The number of hydrogen-bond donors (Lipinski definition) is 3. The molecular formula is C48H53F2N7O8S. The molecule has 348 valence electrons. The number of carbonyl (C=O) groups excluding carboxylic acids is 1. The van der Waals surface area contributed by atoms with E-state index in [1.165, 1.54) is 30.0 Å². The third-order valence-corrected chi connectivity index (χ3v) is 15.9. The summed E-state index contributed by atoms with van der Waals surface area (Å²) in [6, 6.07) is 17.3. The summed E-state index contributed by atoms with van der Waals surface area (Å²) in [7, 11) is -4.77. The Kier molecular flexibility index (Phi) is 11.6. The van der Waals surface area contributed by atoms with Crippen molar-refractivity contribution in [1.82, 2.24) is 19.6 Å². The van der Waals surface area contributed by atoms with Gasteiger partial charge in [-0.05, 0) is 104 Å². The van der Waals surface area contributed by atoms with Crippen molar-refractivity contribution in [3.05, 3.63) is 105 Å². The number of sulfonamides is 1. The van der Waals surface area contributed by atoms with Gasteiger partial charge in [-0.3, -0.25) is 19.8 Å². The second-order valence-corrected chi connectivity index (χ2v) is 20.5. The van der Waals surface area contributed by atoms with Crippen molar-refractivity contribution >= 4 is 44.0 Å². The zero-order valence-electron chi connectivity index (χ0n) is 36.9. The predicted octanol–water partition coefficient (Wildman–Crippen LogP) is 8.97. The minimum Gasteiger partial charge on any atom is -0.489 e. The molecule has 0 bridgehead atoms. The van der Waals surface area contributed by atoms with Crippen molar-refractivity contribution in [2.75, 3.05) is 49.7 Å². The van der Waals surface area contributed by atoms with E-state index in [2.05, 4.69) is 63.2 Å². The molecule has 6 heterocycles. The molecule has 4 fully saturated rings. The molecule has 66 heavy (non-hydrogen) atoms. The smallest absolute Gasteiger partial charge is 0.297 e. The zero-order chi connectivity index (χ0) is 45.9. The molecule has 3 aromatic carbocycles. The highest BCUT2D eigenvalue weighted by Gasteiger charge is 2.50. The van der Waals surface area contributed by atoms with Crippen LogP contribution in [0, 0.1) is 33.2 Å². The molecule has 1 aliphatic carbocycles. The Hall–Kier alpha value is -5.85. The summed E-state index contributed by atoms with van der Waals surface area (Å²) in [6.07, 6.45) is 9.02. The van der Waals surface area contributed by atoms with Gasteiger partial charge in [0.1, 0.15) is 23.8 Å². The number of nitrogens with one attached hydrogen (secondary N) is 3. The highest BCUT2D eigenvalue weighted by molar-refractivity contribution is 7.90. The molecule has 5 aromatic rings. The maximum Gasteiger partial charge on any atom is 0.297 e. The molecule has 2 aromatic heterocycles. The van der Waals surface area contributed by atoms with E-state index in [1.807, 2.05) is 4.72 Å². The molecular weight excluding hydrogens is 873 g/mol. The van der Waals surface area contributed by atoms with Crippen LogP contribution in [0.5, 0.6) is 17.2 Å². The normalized spacial score (nSPS) is 21.3. The van der Waals surface area contributed by atoms with Gasteiger partial charge in [0.15, 0.2) is 17.2 Å². The molecule has 1 saturated carbocycles. The summed E-state index contributed by atoms with van der Waals surface area (Å²) in [5.41, 5.74) is 2.94. The summed E-state index contributed by atoms with van der Waals surface area (Å²) in [6.45, 7) is 8.32. The number of hydrogen-bond acceptors (Lipinski definition) is 12. The number of anilines is 2. The van der Waals surface area contributed by atoms with E-state index in [1.54, 1.807) is 12.1 Å². The number of benzene rings is 3. The van der Waals surface area contributed by atoms with Crippen LogP contribution < -0.4 is 24.4 Å². The maximum atomic E-state index is 15.4. The van der Waals surface area contributed by atoms with Crippen LogP contribution in [0.1, 0.15) is 98.7 Å². The van der Waals surface area contributed by atoms with Crippen LogP contribution in [0.15, 0.2) is 71.8 Å². The SMILES string of the molecule is CC(C)c1ccccc1[C@H]1CCCN1C1CC2(CCN(c3ccc(C(=O)NS(=O)(=O)c4cc5c(c([N+](=O)[O-])c4)N[C@@H](C4CCOCC4)CO5)c(Oc4cc5c(F)c[nH]c5nc4F)c3)CC2)C1. The number of fused-ring (bicyclic) bond motifs is 2. The quantitative estimate of drug-likeness (QED) is 0.0651. The first kappa shape index (κ1) is 44.0. The number of nitro groups is 1. The third-order valence-electron chi connectivity index (χ3n) is 14.6. The number of likely N-dealkylation sites (tertiary alicyclic amines) is 1. The Morgan fingerprint density at radius 2 is 1.79 bits per heavy atom. The lowest BCUT2D eigenvalue weighted by Crippen LogP contribution is -2.54. The van der Waals surface area contributed by atoms with Crippen LogP contribution in [-0.4, -0.2) is 85.7 Å². The summed E-state index contributed by atoms with van der Waals surface area (Å²) < 4.78 is 77.3. The van der Waals surface area contributed by atoms with Crippen LogP contribution in [0.4, 0.5) is 25.8 Å². The molecule has 3 N–H and O–H groups in total. The van der Waals surface area contributed by atoms with Gasteiger partial charge in [0.25, 0.3) is 27.6 Å². The van der Waals surface area contributed by atoms with Gasteiger partial charge in [-0.15, -0.1) is 0 Å². The van der Waals surface area contributed by atoms with Gasteiger partial charge >= 0.3 is 0 Å². The van der Waals surface area contributed by atoms with Crippen molar-refractivity contribution in [3.8, 4) is 17.2 Å². The summed E-state index contributed by atoms with van der Waals surface area (Å²) in [4.78, 5) is 36.3. The van der Waals surface area contributed by atoms with E-state index in [4.69, 9.17) is 14.2 Å². The second-order valence-electron chi connectivity index (χ2n) is 18.8. The molecule has 2 atom stereocenters. The van der Waals surface area contributed by atoms with Crippen LogP contribution >= 0.6 is 0 Å². The number of pyridine rings is 1. The fourth-order valence-corrected chi connectivity index (χ4v) is 12.0. The second kappa shape index (κ2) is 17.4. The molecule has 4 aliphatic heterocycles. The van der Waals surface area contributed by atoms with E-state index in [0.29, 0.717) is 50.0 Å². The Labute approximate surface area is 381 Å². The Balaban J connectivity index is 0.880. The maximum absolute atomic E-state index is 15.4. The van der Waals surface area contributed by atoms with E-state index < -0.39 is 49.0 Å². The molecule has 0 radical (unpaired) electrons. The van der Waals surface area contributed by atoms with Crippen LogP contribution in [0.25, 0.3) is 11.0 Å². The van der Waals surface area contributed by atoms with Crippen LogP contribution in [0.2, 0.25) is 0 Å².